The Balaban J connectivity index is 2.89. The molecule has 0 aliphatic heterocycles. The molecular formula is C16H20ClNO. The highest BCUT2D eigenvalue weighted by molar-refractivity contribution is 6.35. The van der Waals surface area contributed by atoms with Gasteiger partial charge in [0, 0.05) is 16.5 Å². The molecule has 0 saturated carbocycles. The van der Waals surface area contributed by atoms with Crippen LogP contribution >= 0.6 is 11.6 Å². The Bertz CT molecular complexity index is 621. The molecule has 0 fully saturated rings. The zero-order valence-electron chi connectivity index (χ0n) is 12.1. The van der Waals surface area contributed by atoms with Gasteiger partial charge in [-0.25, -0.2) is 0 Å². The Labute approximate surface area is 119 Å². The second-order valence-corrected chi connectivity index (χ2v) is 6.91. The Morgan fingerprint density at radius 3 is 2.26 bits per heavy atom. The van der Waals surface area contributed by atoms with Gasteiger partial charge in [-0.15, -0.1) is 0 Å². The van der Waals surface area contributed by atoms with E-state index < -0.39 is 5.60 Å². The molecule has 0 amide bonds. The number of hydrogen-bond donors (Lipinski definition) is 1. The number of halogens is 1. The summed E-state index contributed by atoms with van der Waals surface area (Å²) >= 11 is 6.26. The first-order valence-corrected chi connectivity index (χ1v) is 6.81. The second-order valence-electron chi connectivity index (χ2n) is 6.50. The van der Waals surface area contributed by atoms with Gasteiger partial charge in [0.2, 0.25) is 0 Å². The van der Waals surface area contributed by atoms with Crippen LogP contribution in [0.15, 0.2) is 24.3 Å². The van der Waals surface area contributed by atoms with E-state index in [1.807, 2.05) is 24.3 Å². The number of pyridine rings is 1. The minimum atomic E-state index is -0.925. The predicted molar refractivity (Wildman–Crippen MR) is 80.7 cm³/mol. The number of benzene rings is 1. The highest BCUT2D eigenvalue weighted by atomic mass is 35.5. The minimum absolute atomic E-state index is 0.0899. The maximum atomic E-state index is 10.4. The van der Waals surface area contributed by atoms with Crippen LogP contribution in [-0.4, -0.2) is 10.1 Å². The topological polar surface area (TPSA) is 33.1 Å². The summed E-state index contributed by atoms with van der Waals surface area (Å²) in [6, 6.07) is 7.66. The van der Waals surface area contributed by atoms with E-state index in [1.165, 1.54) is 0 Å². The second kappa shape index (κ2) is 4.46. The molecule has 0 spiro atoms. The molecule has 3 heteroatoms. The lowest BCUT2D eigenvalue weighted by atomic mass is 9.86. The van der Waals surface area contributed by atoms with Crippen molar-refractivity contribution in [3.63, 3.8) is 0 Å². The average Bonchev–Trinajstić information content (AvgIpc) is 2.25. The summed E-state index contributed by atoms with van der Waals surface area (Å²) < 4.78 is 0. The normalized spacial score (nSPS) is 13.0. The summed E-state index contributed by atoms with van der Waals surface area (Å²) in [4.78, 5) is 4.68. The van der Waals surface area contributed by atoms with Gasteiger partial charge in [0.15, 0.2) is 0 Å². The summed E-state index contributed by atoms with van der Waals surface area (Å²) in [6.07, 6.45) is 0. The minimum Gasteiger partial charge on any atom is -0.386 e. The summed E-state index contributed by atoms with van der Waals surface area (Å²) in [5.74, 6) is 0. The van der Waals surface area contributed by atoms with Gasteiger partial charge in [0.1, 0.15) is 0 Å². The van der Waals surface area contributed by atoms with E-state index in [2.05, 4.69) is 25.8 Å². The zero-order valence-corrected chi connectivity index (χ0v) is 12.8. The highest BCUT2D eigenvalue weighted by Crippen LogP contribution is 2.34. The van der Waals surface area contributed by atoms with Crippen molar-refractivity contribution in [1.82, 2.24) is 4.98 Å². The third-order valence-electron chi connectivity index (χ3n) is 3.22. The molecule has 1 aromatic heterocycles. The molecule has 0 bridgehead atoms. The van der Waals surface area contributed by atoms with Crippen LogP contribution < -0.4 is 0 Å². The third kappa shape index (κ3) is 2.75. The fourth-order valence-electron chi connectivity index (χ4n) is 2.10. The molecule has 0 saturated heterocycles. The number of nitrogens with zero attached hydrogens (tertiary/aromatic N) is 1. The highest BCUT2D eigenvalue weighted by Gasteiger charge is 2.25. The standard InChI is InChI=1S/C16H20ClNO/c1-15(2,3)13-9-11(16(4,5)19)10-7-6-8-12(17)14(10)18-13/h6-9,19H,1-5H3. The summed E-state index contributed by atoms with van der Waals surface area (Å²) in [7, 11) is 0. The monoisotopic (exact) mass is 277 g/mol. The average molecular weight is 278 g/mol. The molecule has 1 aromatic carbocycles. The molecule has 0 unspecified atom stereocenters. The van der Waals surface area contributed by atoms with Gasteiger partial charge in [-0.3, -0.25) is 4.98 Å². The fourth-order valence-corrected chi connectivity index (χ4v) is 2.32. The first-order valence-electron chi connectivity index (χ1n) is 6.43. The molecule has 1 heterocycles. The summed E-state index contributed by atoms with van der Waals surface area (Å²) in [5, 5.41) is 11.9. The number of fused-ring (bicyclic) bond motifs is 1. The lowest BCUT2D eigenvalue weighted by Gasteiger charge is -2.25. The van der Waals surface area contributed by atoms with Crippen LogP contribution in [0, 0.1) is 0 Å². The van der Waals surface area contributed by atoms with Crippen LogP contribution in [0.25, 0.3) is 10.9 Å². The third-order valence-corrected chi connectivity index (χ3v) is 3.52. The number of hydrogen-bond acceptors (Lipinski definition) is 2. The Morgan fingerprint density at radius 1 is 1.11 bits per heavy atom. The Morgan fingerprint density at radius 2 is 1.74 bits per heavy atom. The lowest BCUT2D eigenvalue weighted by Crippen LogP contribution is -2.20. The van der Waals surface area contributed by atoms with E-state index in [0.29, 0.717) is 5.02 Å². The van der Waals surface area contributed by atoms with Crippen LogP contribution in [0.5, 0.6) is 0 Å². The molecule has 0 radical (unpaired) electrons. The number of rotatable bonds is 1. The van der Waals surface area contributed by atoms with Gasteiger partial charge < -0.3 is 5.11 Å². The van der Waals surface area contributed by atoms with Gasteiger partial charge in [0.25, 0.3) is 0 Å². The van der Waals surface area contributed by atoms with Crippen LogP contribution in [0.3, 0.4) is 0 Å². The summed E-state index contributed by atoms with van der Waals surface area (Å²) in [6.45, 7) is 9.88. The van der Waals surface area contributed by atoms with Crippen molar-refractivity contribution in [2.75, 3.05) is 0 Å². The van der Waals surface area contributed by atoms with Gasteiger partial charge in [0.05, 0.1) is 16.1 Å². The maximum absolute atomic E-state index is 10.4. The van der Waals surface area contributed by atoms with E-state index in [9.17, 15) is 5.11 Å². The first-order chi connectivity index (χ1) is 8.60. The van der Waals surface area contributed by atoms with Gasteiger partial charge in [-0.05, 0) is 31.5 Å². The van der Waals surface area contributed by atoms with Crippen molar-refractivity contribution in [1.29, 1.82) is 0 Å². The molecule has 102 valence electrons. The number of aromatic nitrogens is 1. The molecule has 0 aliphatic carbocycles. The van der Waals surface area contributed by atoms with Crippen molar-refractivity contribution in [3.8, 4) is 0 Å². The molecule has 1 N–H and O–H groups in total. The molecule has 2 nitrogen and oxygen atoms in total. The number of aliphatic hydroxyl groups is 1. The lowest BCUT2D eigenvalue weighted by molar-refractivity contribution is 0.0800. The van der Waals surface area contributed by atoms with Gasteiger partial charge in [-0.1, -0.05) is 44.5 Å². The SMILES string of the molecule is CC(C)(C)c1cc(C(C)(C)O)c2cccc(Cl)c2n1. The van der Waals surface area contributed by atoms with Crippen molar-refractivity contribution in [3.05, 3.63) is 40.5 Å². The molecule has 0 atom stereocenters. The quantitative estimate of drug-likeness (QED) is 0.837. The van der Waals surface area contributed by atoms with E-state index in [0.717, 1.165) is 22.2 Å². The Hall–Kier alpha value is -1.12. The van der Waals surface area contributed by atoms with Gasteiger partial charge in [-0.2, -0.15) is 0 Å². The number of para-hydroxylation sites is 1. The fraction of sp³-hybridized carbons (Fsp3) is 0.438. The van der Waals surface area contributed by atoms with Crippen molar-refractivity contribution < 1.29 is 5.11 Å². The van der Waals surface area contributed by atoms with E-state index in [-0.39, 0.29) is 5.41 Å². The molecular weight excluding hydrogens is 258 g/mol. The van der Waals surface area contributed by atoms with Crippen molar-refractivity contribution >= 4 is 22.5 Å². The molecule has 0 aliphatic rings. The van der Waals surface area contributed by atoms with E-state index >= 15 is 0 Å². The van der Waals surface area contributed by atoms with Crippen LogP contribution in [0.4, 0.5) is 0 Å². The molecule has 19 heavy (non-hydrogen) atoms. The van der Waals surface area contributed by atoms with Crippen molar-refractivity contribution in [2.24, 2.45) is 0 Å². The van der Waals surface area contributed by atoms with E-state index in [1.54, 1.807) is 13.8 Å². The van der Waals surface area contributed by atoms with Crippen LogP contribution in [0.2, 0.25) is 5.02 Å². The van der Waals surface area contributed by atoms with Gasteiger partial charge >= 0.3 is 0 Å². The maximum Gasteiger partial charge on any atom is 0.0895 e. The van der Waals surface area contributed by atoms with E-state index in [4.69, 9.17) is 11.6 Å². The zero-order chi connectivity index (χ0) is 14.4. The first kappa shape index (κ1) is 14.3. The Kier molecular flexibility index (Phi) is 3.36. The van der Waals surface area contributed by atoms with Crippen LogP contribution in [0.1, 0.15) is 45.9 Å². The largest absolute Gasteiger partial charge is 0.386 e. The van der Waals surface area contributed by atoms with Crippen molar-refractivity contribution in [2.45, 2.75) is 45.6 Å². The predicted octanol–water partition coefficient (Wildman–Crippen LogP) is 4.41. The smallest absolute Gasteiger partial charge is 0.0895 e. The molecule has 2 aromatic rings. The van der Waals surface area contributed by atoms with Crippen LogP contribution in [-0.2, 0) is 11.0 Å². The molecule has 2 rings (SSSR count). The summed E-state index contributed by atoms with van der Waals surface area (Å²) in [5.41, 5.74) is 1.54.